The number of hydrogen-bond acceptors (Lipinski definition) is 5. The second kappa shape index (κ2) is 11.2. The Morgan fingerprint density at radius 1 is 1.09 bits per heavy atom. The van der Waals surface area contributed by atoms with Gasteiger partial charge in [-0.2, -0.15) is 0 Å². The lowest BCUT2D eigenvalue weighted by molar-refractivity contribution is -0.122. The Balaban J connectivity index is 1.61. The van der Waals surface area contributed by atoms with Crippen LogP contribution in [-0.2, 0) is 9.53 Å². The Labute approximate surface area is 209 Å². The van der Waals surface area contributed by atoms with Crippen molar-refractivity contribution < 1.29 is 14.3 Å². The molecule has 0 atom stereocenters. The van der Waals surface area contributed by atoms with Crippen LogP contribution >= 0.6 is 11.8 Å². The zero-order valence-electron chi connectivity index (χ0n) is 20.0. The van der Waals surface area contributed by atoms with E-state index >= 15 is 0 Å². The number of aryl methyl sites for hydroxylation is 1. The molecule has 1 saturated heterocycles. The van der Waals surface area contributed by atoms with Crippen LogP contribution in [0.3, 0.4) is 0 Å². The molecule has 1 aromatic heterocycles. The minimum Gasteiger partial charge on any atom is -0.385 e. The van der Waals surface area contributed by atoms with E-state index in [0.717, 1.165) is 22.6 Å². The molecule has 2 amide bonds. The van der Waals surface area contributed by atoms with Crippen LogP contribution in [0.25, 0.3) is 6.08 Å². The average molecular weight is 489 g/mol. The maximum Gasteiger partial charge on any atom is 0.270 e. The second-order valence-corrected chi connectivity index (χ2v) is 9.12. The molecule has 7 nitrogen and oxygen atoms in total. The number of rotatable bonds is 8. The van der Waals surface area contributed by atoms with Crippen LogP contribution in [0.2, 0.25) is 0 Å². The number of para-hydroxylation sites is 1. The third-order valence-electron chi connectivity index (χ3n) is 5.61. The maximum atomic E-state index is 13.3. The van der Waals surface area contributed by atoms with Crippen LogP contribution in [0.1, 0.15) is 33.7 Å². The van der Waals surface area contributed by atoms with Gasteiger partial charge in [-0.15, -0.1) is 0 Å². The zero-order valence-corrected chi connectivity index (χ0v) is 20.8. The lowest BCUT2D eigenvalue weighted by atomic mass is 10.2. The minimum atomic E-state index is -0.195. The maximum absolute atomic E-state index is 13.3. The summed E-state index contributed by atoms with van der Waals surface area (Å²) in [6.07, 6.45) is 2.58. The summed E-state index contributed by atoms with van der Waals surface area (Å²) in [5, 5.41) is 0.648. The summed E-state index contributed by atoms with van der Waals surface area (Å²) in [4.78, 5) is 33.0. The summed E-state index contributed by atoms with van der Waals surface area (Å²) in [5.41, 5.74) is 6.89. The molecule has 4 rings (SSSR count). The lowest BCUT2D eigenvalue weighted by Crippen LogP contribution is -2.30. The first-order valence-corrected chi connectivity index (χ1v) is 12.2. The predicted molar refractivity (Wildman–Crippen MR) is 141 cm³/mol. The Hall–Kier alpha value is -3.62. The number of hydrogen-bond donors (Lipinski definition) is 1. The third kappa shape index (κ3) is 5.72. The molecule has 35 heavy (non-hydrogen) atoms. The van der Waals surface area contributed by atoms with Gasteiger partial charge >= 0.3 is 0 Å². The fourth-order valence-electron chi connectivity index (χ4n) is 3.77. The summed E-state index contributed by atoms with van der Waals surface area (Å²) < 4.78 is 6.92. The molecule has 0 bridgehead atoms. The molecule has 1 fully saturated rings. The molecule has 1 aliphatic rings. The highest BCUT2D eigenvalue weighted by atomic mass is 32.2. The van der Waals surface area contributed by atoms with Gasteiger partial charge in [0.2, 0.25) is 0 Å². The van der Waals surface area contributed by atoms with Crippen LogP contribution in [0, 0.1) is 13.8 Å². The van der Waals surface area contributed by atoms with Gasteiger partial charge in [0.15, 0.2) is 5.17 Å². The predicted octanol–water partition coefficient (Wildman–Crippen LogP) is 5.13. The van der Waals surface area contributed by atoms with E-state index in [1.165, 1.54) is 11.8 Å². The van der Waals surface area contributed by atoms with E-state index in [2.05, 4.69) is 5.43 Å². The number of nitrogens with one attached hydrogen (secondary N) is 1. The van der Waals surface area contributed by atoms with E-state index < -0.39 is 0 Å². The molecular weight excluding hydrogens is 460 g/mol. The summed E-state index contributed by atoms with van der Waals surface area (Å²) in [5.74, 6) is -0.279. The van der Waals surface area contributed by atoms with Crippen molar-refractivity contribution in [2.75, 3.05) is 25.7 Å². The molecular formula is C27H28N4O3S. The van der Waals surface area contributed by atoms with E-state index in [-0.39, 0.29) is 11.8 Å². The topological polar surface area (TPSA) is 75.9 Å². The number of thioether (sulfide) groups is 1. The SMILES string of the molecule is COCCCN1C(=O)/C(=C/c2cc(C)n(NC(=O)c3ccccc3)c2C)SC1=Nc1ccccc1. The summed E-state index contributed by atoms with van der Waals surface area (Å²) in [6, 6.07) is 20.6. The summed E-state index contributed by atoms with van der Waals surface area (Å²) in [6.45, 7) is 4.93. The highest BCUT2D eigenvalue weighted by Gasteiger charge is 2.33. The van der Waals surface area contributed by atoms with Crippen LogP contribution in [0.5, 0.6) is 0 Å². The quantitative estimate of drug-likeness (QED) is 0.352. The van der Waals surface area contributed by atoms with Crippen molar-refractivity contribution in [3.8, 4) is 0 Å². The normalized spacial score (nSPS) is 15.9. The van der Waals surface area contributed by atoms with E-state index in [1.54, 1.807) is 28.8 Å². The second-order valence-electron chi connectivity index (χ2n) is 8.11. The Kier molecular flexibility index (Phi) is 7.84. The standard InChI is InChI=1S/C27H28N4O3S/c1-19-17-22(20(2)31(19)29-25(32)21-11-6-4-7-12-21)18-24-26(33)30(15-10-16-34-3)27(35-24)28-23-13-8-5-9-14-23/h4-9,11-14,17-18H,10,15-16H2,1-3H3,(H,29,32)/b24-18-,28-27?. The van der Waals surface area contributed by atoms with Gasteiger partial charge in [-0.05, 0) is 74.0 Å². The number of amidine groups is 1. The third-order valence-corrected chi connectivity index (χ3v) is 6.61. The fourth-order valence-corrected chi connectivity index (χ4v) is 4.79. The fraction of sp³-hybridized carbons (Fsp3) is 0.222. The van der Waals surface area contributed by atoms with E-state index in [4.69, 9.17) is 9.73 Å². The van der Waals surface area contributed by atoms with Gasteiger partial charge in [0.25, 0.3) is 11.8 Å². The summed E-state index contributed by atoms with van der Waals surface area (Å²) >= 11 is 1.36. The van der Waals surface area contributed by atoms with Gasteiger partial charge in [-0.25, -0.2) is 4.99 Å². The van der Waals surface area contributed by atoms with Crippen molar-refractivity contribution in [3.05, 3.63) is 94.1 Å². The highest BCUT2D eigenvalue weighted by molar-refractivity contribution is 8.18. The van der Waals surface area contributed by atoms with Crippen molar-refractivity contribution in [2.24, 2.45) is 4.99 Å². The van der Waals surface area contributed by atoms with Crippen molar-refractivity contribution >= 4 is 40.5 Å². The molecule has 2 heterocycles. The largest absolute Gasteiger partial charge is 0.385 e. The number of carbonyl (C=O) groups is 2. The number of ether oxygens (including phenoxy) is 1. The van der Waals surface area contributed by atoms with Gasteiger partial charge in [0.1, 0.15) is 0 Å². The van der Waals surface area contributed by atoms with Gasteiger partial charge in [-0.1, -0.05) is 36.4 Å². The summed E-state index contributed by atoms with van der Waals surface area (Å²) in [7, 11) is 1.65. The Morgan fingerprint density at radius 3 is 2.46 bits per heavy atom. The molecule has 2 aromatic carbocycles. The van der Waals surface area contributed by atoms with Crippen molar-refractivity contribution in [3.63, 3.8) is 0 Å². The highest BCUT2D eigenvalue weighted by Crippen LogP contribution is 2.35. The van der Waals surface area contributed by atoms with Crippen molar-refractivity contribution in [1.82, 2.24) is 9.58 Å². The minimum absolute atomic E-state index is 0.0843. The zero-order chi connectivity index (χ0) is 24.8. The molecule has 3 aromatic rings. The molecule has 180 valence electrons. The monoisotopic (exact) mass is 488 g/mol. The van der Waals surface area contributed by atoms with Gasteiger partial charge < -0.3 is 4.74 Å². The number of nitrogens with zero attached hydrogens (tertiary/aromatic N) is 3. The first-order chi connectivity index (χ1) is 17.0. The number of methoxy groups -OCH3 is 1. The number of aliphatic imine (C=N–C) groups is 1. The smallest absolute Gasteiger partial charge is 0.270 e. The van der Waals surface area contributed by atoms with Crippen molar-refractivity contribution in [2.45, 2.75) is 20.3 Å². The Bertz CT molecular complexity index is 1270. The Morgan fingerprint density at radius 2 is 1.77 bits per heavy atom. The van der Waals surface area contributed by atoms with Crippen LogP contribution < -0.4 is 5.43 Å². The van der Waals surface area contributed by atoms with Crippen LogP contribution in [0.15, 0.2) is 76.6 Å². The van der Waals surface area contributed by atoms with Crippen LogP contribution in [0.4, 0.5) is 5.69 Å². The molecule has 0 spiro atoms. The number of aromatic nitrogens is 1. The molecule has 0 radical (unpaired) electrons. The molecule has 1 aliphatic heterocycles. The van der Waals surface area contributed by atoms with E-state index in [0.29, 0.717) is 35.2 Å². The average Bonchev–Trinajstić information content (AvgIpc) is 3.30. The molecule has 1 N–H and O–H groups in total. The molecule has 0 unspecified atom stereocenters. The first kappa shape index (κ1) is 24.5. The number of benzene rings is 2. The molecule has 0 aliphatic carbocycles. The number of amides is 2. The van der Waals surface area contributed by atoms with E-state index in [9.17, 15) is 9.59 Å². The van der Waals surface area contributed by atoms with Gasteiger partial charge in [-0.3, -0.25) is 24.6 Å². The molecule has 8 heteroatoms. The van der Waals surface area contributed by atoms with Gasteiger partial charge in [0, 0.05) is 37.2 Å². The lowest BCUT2D eigenvalue weighted by Gasteiger charge is -2.15. The van der Waals surface area contributed by atoms with Crippen LogP contribution in [-0.4, -0.2) is 46.8 Å². The molecule has 0 saturated carbocycles. The first-order valence-electron chi connectivity index (χ1n) is 11.4. The number of carbonyl (C=O) groups excluding carboxylic acids is 2. The van der Waals surface area contributed by atoms with E-state index in [1.807, 2.05) is 74.5 Å². The van der Waals surface area contributed by atoms with Crippen molar-refractivity contribution in [1.29, 1.82) is 0 Å². The van der Waals surface area contributed by atoms with Gasteiger partial charge in [0.05, 0.1) is 10.6 Å².